The number of anilines is 3. The predicted molar refractivity (Wildman–Crippen MR) is 120 cm³/mol. The van der Waals surface area contributed by atoms with Gasteiger partial charge in [0.25, 0.3) is 5.91 Å². The molecule has 0 aliphatic carbocycles. The van der Waals surface area contributed by atoms with Gasteiger partial charge in [0.1, 0.15) is 5.82 Å². The summed E-state index contributed by atoms with van der Waals surface area (Å²) in [6.07, 6.45) is 2.01. The van der Waals surface area contributed by atoms with E-state index in [9.17, 15) is 4.79 Å². The molecule has 0 unspecified atom stereocenters. The predicted octanol–water partition coefficient (Wildman–Crippen LogP) is 4.40. The molecule has 150 valence electrons. The normalized spacial score (nSPS) is 10.4. The molecule has 0 radical (unpaired) electrons. The van der Waals surface area contributed by atoms with Gasteiger partial charge >= 0.3 is 0 Å². The van der Waals surface area contributed by atoms with Crippen molar-refractivity contribution in [3.05, 3.63) is 71.4 Å². The van der Waals surface area contributed by atoms with Crippen molar-refractivity contribution in [2.75, 3.05) is 30.0 Å². The number of thioether (sulfide) groups is 1. The average molecular weight is 408 g/mol. The van der Waals surface area contributed by atoms with Crippen LogP contribution in [0.25, 0.3) is 0 Å². The first kappa shape index (κ1) is 20.7. The minimum atomic E-state index is -0.0914. The number of aromatic nitrogens is 2. The van der Waals surface area contributed by atoms with Crippen molar-refractivity contribution >= 4 is 35.1 Å². The number of nitrogens with one attached hydrogen (secondary N) is 3. The van der Waals surface area contributed by atoms with Gasteiger partial charge in [-0.15, -0.1) is 11.8 Å². The van der Waals surface area contributed by atoms with Crippen LogP contribution in [-0.4, -0.2) is 35.2 Å². The standard InChI is InChI=1S/C22H25N5OS/c1-15-4-8-18(9-5-15)26-20-14-16(2)25-22(27-20)24-13-12-23-21(28)17-6-10-19(29-3)11-7-17/h4-11,14H,12-13H2,1-3H3,(H,23,28)(H2,24,25,26,27). The Morgan fingerprint density at radius 3 is 2.38 bits per heavy atom. The Morgan fingerprint density at radius 1 is 0.966 bits per heavy atom. The molecule has 0 bridgehead atoms. The summed E-state index contributed by atoms with van der Waals surface area (Å²) in [4.78, 5) is 22.2. The summed E-state index contributed by atoms with van der Waals surface area (Å²) >= 11 is 1.65. The van der Waals surface area contributed by atoms with E-state index in [0.717, 1.165) is 22.1 Å². The number of carbonyl (C=O) groups is 1. The van der Waals surface area contributed by atoms with Crippen LogP contribution in [0.5, 0.6) is 0 Å². The van der Waals surface area contributed by atoms with E-state index in [1.807, 2.05) is 67.8 Å². The smallest absolute Gasteiger partial charge is 0.251 e. The molecule has 0 fully saturated rings. The zero-order chi connectivity index (χ0) is 20.6. The first-order valence-electron chi connectivity index (χ1n) is 9.39. The summed E-state index contributed by atoms with van der Waals surface area (Å²) in [6.45, 7) is 4.98. The van der Waals surface area contributed by atoms with Gasteiger partial charge < -0.3 is 16.0 Å². The molecule has 0 atom stereocenters. The number of hydrogen-bond acceptors (Lipinski definition) is 6. The maximum absolute atomic E-state index is 12.2. The van der Waals surface area contributed by atoms with Crippen LogP contribution < -0.4 is 16.0 Å². The summed E-state index contributed by atoms with van der Waals surface area (Å²) in [7, 11) is 0. The van der Waals surface area contributed by atoms with E-state index in [4.69, 9.17) is 0 Å². The van der Waals surface area contributed by atoms with E-state index in [0.29, 0.717) is 24.6 Å². The van der Waals surface area contributed by atoms with Crippen LogP contribution >= 0.6 is 11.8 Å². The molecule has 0 aliphatic heterocycles. The molecule has 2 aromatic carbocycles. The monoisotopic (exact) mass is 407 g/mol. The van der Waals surface area contributed by atoms with Crippen LogP contribution in [-0.2, 0) is 0 Å². The largest absolute Gasteiger partial charge is 0.352 e. The summed E-state index contributed by atoms with van der Waals surface area (Å²) < 4.78 is 0. The summed E-state index contributed by atoms with van der Waals surface area (Å²) in [6, 6.07) is 17.6. The lowest BCUT2D eigenvalue weighted by Gasteiger charge is -2.11. The van der Waals surface area contributed by atoms with E-state index in [-0.39, 0.29) is 5.91 Å². The first-order chi connectivity index (χ1) is 14.0. The Bertz CT molecular complexity index is 958. The van der Waals surface area contributed by atoms with Crippen LogP contribution in [0.15, 0.2) is 59.5 Å². The number of nitrogens with zero attached hydrogens (tertiary/aromatic N) is 2. The minimum Gasteiger partial charge on any atom is -0.352 e. The zero-order valence-corrected chi connectivity index (χ0v) is 17.6. The van der Waals surface area contributed by atoms with Crippen molar-refractivity contribution in [2.24, 2.45) is 0 Å². The fourth-order valence-electron chi connectivity index (χ4n) is 2.69. The van der Waals surface area contributed by atoms with Gasteiger partial charge in [0.2, 0.25) is 5.95 Å². The Labute approximate surface area is 175 Å². The Hall–Kier alpha value is -3.06. The third-order valence-electron chi connectivity index (χ3n) is 4.22. The summed E-state index contributed by atoms with van der Waals surface area (Å²) in [5.41, 5.74) is 3.69. The molecule has 29 heavy (non-hydrogen) atoms. The van der Waals surface area contributed by atoms with E-state index in [1.165, 1.54) is 5.56 Å². The molecule has 1 amide bonds. The second-order valence-electron chi connectivity index (χ2n) is 6.62. The van der Waals surface area contributed by atoms with Crippen molar-refractivity contribution in [1.29, 1.82) is 0 Å². The highest BCUT2D eigenvalue weighted by atomic mass is 32.2. The van der Waals surface area contributed by atoms with Gasteiger partial charge in [0.15, 0.2) is 0 Å². The summed E-state index contributed by atoms with van der Waals surface area (Å²) in [5, 5.41) is 9.36. The number of rotatable bonds is 8. The van der Waals surface area contributed by atoms with E-state index in [1.54, 1.807) is 11.8 Å². The van der Waals surface area contributed by atoms with E-state index < -0.39 is 0 Å². The van der Waals surface area contributed by atoms with Crippen LogP contribution in [0.1, 0.15) is 21.6 Å². The second kappa shape index (κ2) is 9.93. The Balaban J connectivity index is 1.51. The minimum absolute atomic E-state index is 0.0914. The van der Waals surface area contributed by atoms with Gasteiger partial charge in [0.05, 0.1) is 0 Å². The summed E-state index contributed by atoms with van der Waals surface area (Å²) in [5.74, 6) is 1.16. The third-order valence-corrected chi connectivity index (χ3v) is 4.97. The van der Waals surface area contributed by atoms with Gasteiger partial charge in [0, 0.05) is 41.0 Å². The number of hydrogen-bond donors (Lipinski definition) is 3. The molecule has 0 saturated heterocycles. The molecule has 7 heteroatoms. The van der Waals surface area contributed by atoms with Crippen molar-refractivity contribution in [1.82, 2.24) is 15.3 Å². The van der Waals surface area contributed by atoms with Crippen molar-refractivity contribution in [3.8, 4) is 0 Å². The van der Waals surface area contributed by atoms with E-state index in [2.05, 4.69) is 32.8 Å². The third kappa shape index (κ3) is 6.22. The lowest BCUT2D eigenvalue weighted by Crippen LogP contribution is -2.29. The molecule has 3 rings (SSSR count). The quantitative estimate of drug-likeness (QED) is 0.379. The lowest BCUT2D eigenvalue weighted by atomic mass is 10.2. The van der Waals surface area contributed by atoms with Gasteiger partial charge in [-0.1, -0.05) is 17.7 Å². The molecule has 1 heterocycles. The fourth-order valence-corrected chi connectivity index (χ4v) is 3.10. The van der Waals surface area contributed by atoms with Crippen molar-refractivity contribution in [2.45, 2.75) is 18.7 Å². The molecule has 0 spiro atoms. The molecular weight excluding hydrogens is 382 g/mol. The zero-order valence-electron chi connectivity index (χ0n) is 16.8. The molecule has 1 aromatic heterocycles. The second-order valence-corrected chi connectivity index (χ2v) is 7.50. The molecular formula is C22H25N5OS. The van der Waals surface area contributed by atoms with Gasteiger partial charge in [-0.25, -0.2) is 4.98 Å². The number of carbonyl (C=O) groups excluding carboxylic acids is 1. The highest BCUT2D eigenvalue weighted by Gasteiger charge is 2.06. The lowest BCUT2D eigenvalue weighted by molar-refractivity contribution is 0.0955. The van der Waals surface area contributed by atoms with Crippen LogP contribution in [0.2, 0.25) is 0 Å². The molecule has 6 nitrogen and oxygen atoms in total. The fraction of sp³-hybridized carbons (Fsp3) is 0.227. The van der Waals surface area contributed by atoms with Crippen molar-refractivity contribution < 1.29 is 4.79 Å². The van der Waals surface area contributed by atoms with Crippen LogP contribution in [0.3, 0.4) is 0 Å². The first-order valence-corrected chi connectivity index (χ1v) is 10.6. The number of aryl methyl sites for hydroxylation is 2. The topological polar surface area (TPSA) is 78.9 Å². The highest BCUT2D eigenvalue weighted by molar-refractivity contribution is 7.98. The van der Waals surface area contributed by atoms with Gasteiger partial charge in [-0.05, 0) is 56.5 Å². The van der Waals surface area contributed by atoms with Crippen LogP contribution in [0, 0.1) is 13.8 Å². The molecule has 3 aromatic rings. The average Bonchev–Trinajstić information content (AvgIpc) is 2.72. The molecule has 3 N–H and O–H groups in total. The van der Waals surface area contributed by atoms with Crippen LogP contribution in [0.4, 0.5) is 17.5 Å². The Morgan fingerprint density at radius 2 is 1.69 bits per heavy atom. The molecule has 0 aliphatic rings. The van der Waals surface area contributed by atoms with Gasteiger partial charge in [-0.3, -0.25) is 4.79 Å². The number of amides is 1. The Kier molecular flexibility index (Phi) is 7.08. The molecule has 0 saturated carbocycles. The highest BCUT2D eigenvalue weighted by Crippen LogP contribution is 2.17. The van der Waals surface area contributed by atoms with Crippen molar-refractivity contribution in [3.63, 3.8) is 0 Å². The van der Waals surface area contributed by atoms with Gasteiger partial charge in [-0.2, -0.15) is 4.98 Å². The number of benzene rings is 2. The maximum atomic E-state index is 12.2. The maximum Gasteiger partial charge on any atom is 0.251 e. The van der Waals surface area contributed by atoms with E-state index >= 15 is 0 Å². The SMILES string of the molecule is CSc1ccc(C(=O)NCCNc2nc(C)cc(Nc3ccc(C)cc3)n2)cc1.